The van der Waals surface area contributed by atoms with Crippen molar-refractivity contribution in [3.63, 3.8) is 0 Å². The summed E-state index contributed by atoms with van der Waals surface area (Å²) in [5.41, 5.74) is 7.00. The van der Waals surface area contributed by atoms with E-state index in [-0.39, 0.29) is 5.70 Å². The van der Waals surface area contributed by atoms with E-state index in [2.05, 4.69) is 25.9 Å². The molecule has 0 aliphatic carbocycles. The lowest BCUT2D eigenvalue weighted by Crippen LogP contribution is -2.39. The van der Waals surface area contributed by atoms with Crippen LogP contribution in [-0.4, -0.2) is 34.3 Å². The first-order valence-corrected chi connectivity index (χ1v) is 9.23. The highest BCUT2D eigenvalue weighted by Crippen LogP contribution is 2.29. The van der Waals surface area contributed by atoms with E-state index in [0.29, 0.717) is 23.7 Å². The Hall–Kier alpha value is -4.02. The number of alkyl halides is 3. The van der Waals surface area contributed by atoms with Crippen molar-refractivity contribution in [2.24, 2.45) is 4.99 Å². The highest BCUT2D eigenvalue weighted by atomic mass is 19.4. The van der Waals surface area contributed by atoms with Crippen LogP contribution in [0.2, 0.25) is 0 Å². The van der Waals surface area contributed by atoms with E-state index in [1.165, 1.54) is 17.3 Å². The lowest BCUT2D eigenvalue weighted by atomic mass is 10.2. The average molecular weight is 429 g/mol. The second kappa shape index (κ2) is 8.01. The monoisotopic (exact) mass is 429 g/mol. The SMILES string of the molecule is Nc1ncccc1NCc1cccc(NC(=O)C2=CN3C=C(C(F)(F)F)NC3C=N2)c1. The molecular formula is C20H18F3N7O. The summed E-state index contributed by atoms with van der Waals surface area (Å²) in [5.74, 6) is -0.156. The molecule has 0 bridgehead atoms. The number of aromatic nitrogens is 1. The number of amides is 1. The number of carbonyl (C=O) groups excluding carboxylic acids is 1. The lowest BCUT2D eigenvalue weighted by molar-refractivity contribution is -0.113. The van der Waals surface area contributed by atoms with Gasteiger partial charge in [0.05, 0.1) is 5.69 Å². The Kier molecular flexibility index (Phi) is 5.24. The van der Waals surface area contributed by atoms with E-state index in [1.807, 2.05) is 6.07 Å². The number of rotatable bonds is 5. The molecule has 5 N–H and O–H groups in total. The molecule has 160 valence electrons. The molecule has 2 aliphatic rings. The van der Waals surface area contributed by atoms with Crippen LogP contribution < -0.4 is 21.7 Å². The van der Waals surface area contributed by atoms with Crippen molar-refractivity contribution in [2.75, 3.05) is 16.4 Å². The molecule has 0 saturated carbocycles. The molecule has 0 saturated heterocycles. The lowest BCUT2D eigenvalue weighted by Gasteiger charge is -2.22. The van der Waals surface area contributed by atoms with Crippen LogP contribution in [0.3, 0.4) is 0 Å². The minimum atomic E-state index is -4.50. The molecule has 1 aromatic carbocycles. The minimum absolute atomic E-state index is 0.00983. The molecule has 1 unspecified atom stereocenters. The molecule has 0 radical (unpaired) electrons. The first-order chi connectivity index (χ1) is 14.8. The number of nitrogen functional groups attached to an aromatic ring is 1. The van der Waals surface area contributed by atoms with Gasteiger partial charge in [-0.2, -0.15) is 13.2 Å². The van der Waals surface area contributed by atoms with Crippen molar-refractivity contribution in [1.29, 1.82) is 0 Å². The summed E-state index contributed by atoms with van der Waals surface area (Å²) in [7, 11) is 0. The van der Waals surface area contributed by atoms with Gasteiger partial charge in [0.25, 0.3) is 5.91 Å². The fourth-order valence-corrected chi connectivity index (χ4v) is 3.05. The molecule has 2 aliphatic heterocycles. The van der Waals surface area contributed by atoms with Gasteiger partial charge in [-0.3, -0.25) is 4.79 Å². The highest BCUT2D eigenvalue weighted by molar-refractivity contribution is 6.04. The molecule has 1 aromatic heterocycles. The van der Waals surface area contributed by atoms with Gasteiger partial charge < -0.3 is 26.6 Å². The molecule has 2 aromatic rings. The zero-order valence-corrected chi connectivity index (χ0v) is 16.0. The van der Waals surface area contributed by atoms with Crippen LogP contribution >= 0.6 is 0 Å². The summed E-state index contributed by atoms with van der Waals surface area (Å²) in [5, 5.41) is 8.17. The third-order valence-electron chi connectivity index (χ3n) is 4.57. The van der Waals surface area contributed by atoms with Crippen molar-refractivity contribution >= 4 is 29.3 Å². The molecule has 3 heterocycles. The zero-order chi connectivity index (χ0) is 22.0. The predicted octanol–water partition coefficient (Wildman–Crippen LogP) is 2.78. The van der Waals surface area contributed by atoms with Gasteiger partial charge in [-0.1, -0.05) is 12.1 Å². The fourth-order valence-electron chi connectivity index (χ4n) is 3.05. The van der Waals surface area contributed by atoms with Crippen molar-refractivity contribution < 1.29 is 18.0 Å². The average Bonchev–Trinajstić information content (AvgIpc) is 3.17. The maximum Gasteiger partial charge on any atom is 0.432 e. The summed E-state index contributed by atoms with van der Waals surface area (Å²) in [6.45, 7) is 0.451. The third kappa shape index (κ3) is 4.60. The summed E-state index contributed by atoms with van der Waals surface area (Å²) in [6, 6.07) is 10.7. The van der Waals surface area contributed by atoms with Crippen molar-refractivity contribution in [3.05, 3.63) is 72.0 Å². The Bertz CT molecular complexity index is 1090. The Labute approximate surface area is 175 Å². The molecule has 11 heteroatoms. The van der Waals surface area contributed by atoms with Crippen molar-refractivity contribution in [3.8, 4) is 0 Å². The fraction of sp³-hybridized carbons (Fsp3) is 0.150. The number of hydrogen-bond donors (Lipinski definition) is 4. The topological polar surface area (TPSA) is 108 Å². The van der Waals surface area contributed by atoms with E-state index in [9.17, 15) is 18.0 Å². The minimum Gasteiger partial charge on any atom is -0.382 e. The van der Waals surface area contributed by atoms with E-state index >= 15 is 0 Å². The van der Waals surface area contributed by atoms with Gasteiger partial charge in [-0.05, 0) is 29.8 Å². The number of pyridine rings is 1. The van der Waals surface area contributed by atoms with Crippen LogP contribution in [0.4, 0.5) is 30.4 Å². The zero-order valence-electron chi connectivity index (χ0n) is 16.0. The predicted molar refractivity (Wildman–Crippen MR) is 111 cm³/mol. The number of benzene rings is 1. The standard InChI is InChI=1S/C20H18F3N7O/c21-20(22,23)16-11-30-10-15(27-9-17(30)29-16)19(31)28-13-4-1-3-12(7-13)8-26-14-5-2-6-25-18(14)24/h1-7,9-11,17,26,29H,8H2,(H2,24,25)(H,28,31). The number of nitrogens with zero attached hydrogens (tertiary/aromatic N) is 3. The molecule has 31 heavy (non-hydrogen) atoms. The van der Waals surface area contributed by atoms with Crippen LogP contribution in [0.5, 0.6) is 0 Å². The number of halogens is 3. The Morgan fingerprint density at radius 1 is 1.23 bits per heavy atom. The summed E-state index contributed by atoms with van der Waals surface area (Å²) < 4.78 is 38.6. The molecule has 8 nitrogen and oxygen atoms in total. The molecule has 1 amide bonds. The number of fused-ring (bicyclic) bond motifs is 1. The smallest absolute Gasteiger partial charge is 0.382 e. The van der Waals surface area contributed by atoms with Crippen LogP contribution in [0.25, 0.3) is 0 Å². The van der Waals surface area contributed by atoms with Crippen molar-refractivity contribution in [2.45, 2.75) is 18.9 Å². The molecular weight excluding hydrogens is 411 g/mol. The summed E-state index contributed by atoms with van der Waals surface area (Å²) in [6.07, 6.45) is -0.261. The van der Waals surface area contributed by atoms with Gasteiger partial charge in [-0.25, -0.2) is 9.98 Å². The van der Waals surface area contributed by atoms with Gasteiger partial charge in [0.15, 0.2) is 0 Å². The number of nitrogens with two attached hydrogens (primary N) is 1. The van der Waals surface area contributed by atoms with E-state index in [1.54, 1.807) is 36.5 Å². The number of aliphatic imine (C=N–C) groups is 1. The molecule has 4 rings (SSSR count). The maximum atomic E-state index is 12.9. The number of anilines is 3. The third-order valence-corrected chi connectivity index (χ3v) is 4.57. The van der Waals surface area contributed by atoms with E-state index in [4.69, 9.17) is 5.73 Å². The van der Waals surface area contributed by atoms with Crippen LogP contribution in [-0.2, 0) is 11.3 Å². The first-order valence-electron chi connectivity index (χ1n) is 9.23. The number of nitrogens with one attached hydrogen (secondary N) is 3. The Morgan fingerprint density at radius 3 is 2.84 bits per heavy atom. The largest absolute Gasteiger partial charge is 0.432 e. The van der Waals surface area contributed by atoms with Crippen LogP contribution in [0, 0.1) is 0 Å². The maximum absolute atomic E-state index is 12.9. The van der Waals surface area contributed by atoms with Crippen molar-refractivity contribution in [1.82, 2.24) is 15.2 Å². The summed E-state index contributed by atoms with van der Waals surface area (Å²) in [4.78, 5) is 21.8. The second-order valence-electron chi connectivity index (χ2n) is 6.81. The second-order valence-corrected chi connectivity index (χ2v) is 6.81. The number of hydrogen-bond acceptors (Lipinski definition) is 7. The molecule has 0 fully saturated rings. The highest BCUT2D eigenvalue weighted by Gasteiger charge is 2.40. The van der Waals surface area contributed by atoms with E-state index in [0.717, 1.165) is 11.8 Å². The van der Waals surface area contributed by atoms with Crippen LogP contribution in [0.15, 0.2) is 71.4 Å². The molecule has 1 atom stereocenters. The Morgan fingerprint density at radius 2 is 2.06 bits per heavy atom. The normalized spacial score (nSPS) is 17.4. The van der Waals surface area contributed by atoms with Gasteiger partial charge in [-0.15, -0.1) is 0 Å². The first kappa shape index (κ1) is 20.3. The van der Waals surface area contributed by atoms with Gasteiger partial charge in [0.2, 0.25) is 0 Å². The van der Waals surface area contributed by atoms with Crippen LogP contribution in [0.1, 0.15) is 5.56 Å². The number of allylic oxidation sites excluding steroid dienone is 1. The summed E-state index contributed by atoms with van der Waals surface area (Å²) >= 11 is 0. The van der Waals surface area contributed by atoms with Gasteiger partial charge in [0, 0.05) is 37.0 Å². The number of carbonyl (C=O) groups is 1. The van der Waals surface area contributed by atoms with E-state index < -0.39 is 23.9 Å². The van der Waals surface area contributed by atoms with Gasteiger partial charge in [0.1, 0.15) is 23.4 Å². The van der Waals surface area contributed by atoms with Gasteiger partial charge >= 0.3 is 6.18 Å². The Balaban J connectivity index is 1.41. The quantitative estimate of drug-likeness (QED) is 0.582. The molecule has 0 spiro atoms.